The Morgan fingerprint density at radius 1 is 1.23 bits per heavy atom. The highest BCUT2D eigenvalue weighted by molar-refractivity contribution is 7.08. The Morgan fingerprint density at radius 3 is 2.65 bits per heavy atom. The molecule has 1 aromatic heterocycles. The van der Waals surface area contributed by atoms with Crippen molar-refractivity contribution in [3.8, 4) is 0 Å². The number of nitrogens with zero attached hydrogens (tertiary/aromatic N) is 2. The third-order valence-electron chi connectivity index (χ3n) is 4.11. The number of thiophene rings is 1. The van der Waals surface area contributed by atoms with Crippen molar-refractivity contribution in [2.24, 2.45) is 4.99 Å². The summed E-state index contributed by atoms with van der Waals surface area (Å²) in [6, 6.07) is 12.4. The summed E-state index contributed by atoms with van der Waals surface area (Å²) in [6.45, 7) is 7.55. The van der Waals surface area contributed by atoms with Crippen LogP contribution in [0.1, 0.15) is 25.0 Å². The zero-order valence-electron chi connectivity index (χ0n) is 15.9. The van der Waals surface area contributed by atoms with Crippen LogP contribution in [0.15, 0.2) is 52.2 Å². The van der Waals surface area contributed by atoms with Crippen LogP contribution in [0, 0.1) is 0 Å². The Kier molecular flexibility index (Phi) is 8.09. The van der Waals surface area contributed by atoms with Crippen molar-refractivity contribution >= 4 is 17.3 Å². The van der Waals surface area contributed by atoms with Gasteiger partial charge in [0.1, 0.15) is 5.60 Å². The lowest BCUT2D eigenvalue weighted by Gasteiger charge is -2.22. The first-order chi connectivity index (χ1) is 12.5. The number of aliphatic hydroxyl groups is 1. The molecule has 5 nitrogen and oxygen atoms in total. The van der Waals surface area contributed by atoms with Crippen LogP contribution in [0.2, 0.25) is 0 Å². The first-order valence-electron chi connectivity index (χ1n) is 9.01. The minimum absolute atomic E-state index is 0.318. The predicted molar refractivity (Wildman–Crippen MR) is 111 cm³/mol. The van der Waals surface area contributed by atoms with Crippen LogP contribution in [0.25, 0.3) is 0 Å². The van der Waals surface area contributed by atoms with Crippen LogP contribution < -0.4 is 10.6 Å². The fourth-order valence-corrected chi connectivity index (χ4v) is 3.36. The smallest absolute Gasteiger partial charge is 0.191 e. The Balaban J connectivity index is 1.81. The van der Waals surface area contributed by atoms with E-state index in [4.69, 9.17) is 0 Å². The Hall–Kier alpha value is -1.89. The quantitative estimate of drug-likeness (QED) is 0.466. The molecule has 0 saturated carbocycles. The van der Waals surface area contributed by atoms with Gasteiger partial charge in [0.2, 0.25) is 0 Å². The van der Waals surface area contributed by atoms with Gasteiger partial charge in [0.15, 0.2) is 5.96 Å². The number of aliphatic imine (C=N–C) groups is 1. The lowest BCUT2D eigenvalue weighted by molar-refractivity contribution is 0.0677. The van der Waals surface area contributed by atoms with Crippen LogP contribution in [-0.4, -0.2) is 49.2 Å². The van der Waals surface area contributed by atoms with E-state index in [0.717, 1.165) is 37.7 Å². The van der Waals surface area contributed by atoms with Gasteiger partial charge in [0.05, 0.1) is 6.54 Å². The van der Waals surface area contributed by atoms with Crippen molar-refractivity contribution in [3.63, 3.8) is 0 Å². The van der Waals surface area contributed by atoms with Gasteiger partial charge < -0.3 is 20.6 Å². The molecule has 142 valence electrons. The second kappa shape index (κ2) is 10.3. The lowest BCUT2D eigenvalue weighted by Crippen LogP contribution is -2.41. The van der Waals surface area contributed by atoms with Crippen molar-refractivity contribution in [2.45, 2.75) is 26.0 Å². The van der Waals surface area contributed by atoms with E-state index in [9.17, 15) is 5.11 Å². The largest absolute Gasteiger partial charge is 0.383 e. The van der Waals surface area contributed by atoms with Crippen LogP contribution in [0.4, 0.5) is 0 Å². The van der Waals surface area contributed by atoms with Gasteiger partial charge in [0.25, 0.3) is 0 Å². The van der Waals surface area contributed by atoms with Crippen LogP contribution in [-0.2, 0) is 12.1 Å². The number of benzene rings is 1. The molecule has 26 heavy (non-hydrogen) atoms. The van der Waals surface area contributed by atoms with Gasteiger partial charge in [-0.2, -0.15) is 11.3 Å². The van der Waals surface area contributed by atoms with E-state index in [1.54, 1.807) is 18.3 Å². The normalized spacial score (nSPS) is 14.3. The molecule has 0 amide bonds. The summed E-state index contributed by atoms with van der Waals surface area (Å²) in [5, 5.41) is 21.1. The van der Waals surface area contributed by atoms with Crippen molar-refractivity contribution < 1.29 is 5.11 Å². The number of hydrogen-bond acceptors (Lipinski definition) is 4. The molecule has 6 heteroatoms. The van der Waals surface area contributed by atoms with Gasteiger partial charge in [-0.3, -0.25) is 0 Å². The van der Waals surface area contributed by atoms with E-state index in [1.165, 1.54) is 5.56 Å². The minimum atomic E-state index is -0.952. The van der Waals surface area contributed by atoms with Gasteiger partial charge in [0, 0.05) is 26.2 Å². The molecule has 0 spiro atoms. The maximum absolute atomic E-state index is 10.6. The summed E-state index contributed by atoms with van der Waals surface area (Å²) < 4.78 is 0. The fourth-order valence-electron chi connectivity index (χ4n) is 2.58. The highest BCUT2D eigenvalue weighted by Gasteiger charge is 2.23. The number of likely N-dealkylation sites (N-methyl/N-ethyl adjacent to an activating group) is 1. The van der Waals surface area contributed by atoms with Gasteiger partial charge >= 0.3 is 0 Å². The average Bonchev–Trinajstić information content (AvgIpc) is 3.16. The Morgan fingerprint density at radius 2 is 2.00 bits per heavy atom. The molecule has 0 saturated heterocycles. The summed E-state index contributed by atoms with van der Waals surface area (Å²) in [6.07, 6.45) is 0. The lowest BCUT2D eigenvalue weighted by atomic mass is 10.00. The molecule has 1 atom stereocenters. The van der Waals surface area contributed by atoms with Gasteiger partial charge in [-0.25, -0.2) is 4.99 Å². The molecule has 1 aromatic carbocycles. The van der Waals surface area contributed by atoms with Crippen LogP contribution in [0.3, 0.4) is 0 Å². The number of nitrogens with one attached hydrogen (secondary N) is 2. The van der Waals surface area contributed by atoms with E-state index in [0.29, 0.717) is 6.54 Å². The molecule has 0 aliphatic heterocycles. The Bertz CT molecular complexity index is 656. The monoisotopic (exact) mass is 374 g/mol. The molecule has 1 unspecified atom stereocenters. The van der Waals surface area contributed by atoms with E-state index >= 15 is 0 Å². The van der Waals surface area contributed by atoms with E-state index < -0.39 is 5.60 Å². The maximum atomic E-state index is 10.6. The highest BCUT2D eigenvalue weighted by Crippen LogP contribution is 2.23. The summed E-state index contributed by atoms with van der Waals surface area (Å²) in [5.74, 6) is 0.733. The summed E-state index contributed by atoms with van der Waals surface area (Å²) in [7, 11) is 2.11. The molecule has 0 radical (unpaired) electrons. The molecule has 0 aliphatic rings. The van der Waals surface area contributed by atoms with Crippen LogP contribution >= 0.6 is 11.3 Å². The van der Waals surface area contributed by atoms with E-state index in [1.807, 2.05) is 29.8 Å². The van der Waals surface area contributed by atoms with Crippen molar-refractivity contribution in [1.82, 2.24) is 15.5 Å². The third kappa shape index (κ3) is 6.78. The highest BCUT2D eigenvalue weighted by atomic mass is 32.1. The van der Waals surface area contributed by atoms with Crippen molar-refractivity contribution in [3.05, 3.63) is 58.3 Å². The summed E-state index contributed by atoms with van der Waals surface area (Å²) in [5.41, 5.74) is 1.26. The standard InChI is InChI=1S/C20H30N4OS/c1-4-21-19(23-16-20(2,25)18-10-13-26-15-18)22-11-12-24(3)14-17-8-6-5-7-9-17/h5-10,13,15,25H,4,11-12,14,16H2,1-3H3,(H2,21,22,23). The Labute approximate surface area is 160 Å². The molecular weight excluding hydrogens is 344 g/mol. The number of guanidine groups is 1. The molecule has 0 bridgehead atoms. The first-order valence-corrected chi connectivity index (χ1v) is 9.95. The molecular formula is C20H30N4OS. The number of rotatable bonds is 9. The number of hydrogen-bond donors (Lipinski definition) is 3. The van der Waals surface area contributed by atoms with Crippen LogP contribution in [0.5, 0.6) is 0 Å². The fraction of sp³-hybridized carbons (Fsp3) is 0.450. The second-order valence-corrected chi connectivity index (χ2v) is 7.41. The SMILES string of the molecule is CCNC(=NCC(C)(O)c1ccsc1)NCCN(C)Cc1ccccc1. The van der Waals surface area contributed by atoms with Gasteiger partial charge in [-0.05, 0) is 48.8 Å². The molecule has 3 N–H and O–H groups in total. The zero-order valence-corrected chi connectivity index (χ0v) is 16.7. The molecule has 0 fully saturated rings. The minimum Gasteiger partial charge on any atom is -0.383 e. The third-order valence-corrected chi connectivity index (χ3v) is 4.80. The molecule has 2 aromatic rings. The zero-order chi connectivity index (χ0) is 18.8. The summed E-state index contributed by atoms with van der Waals surface area (Å²) in [4.78, 5) is 6.82. The van der Waals surface area contributed by atoms with Crippen molar-refractivity contribution in [2.75, 3.05) is 33.2 Å². The van der Waals surface area contributed by atoms with E-state index in [-0.39, 0.29) is 0 Å². The molecule has 0 aliphatic carbocycles. The van der Waals surface area contributed by atoms with Crippen molar-refractivity contribution in [1.29, 1.82) is 0 Å². The second-order valence-electron chi connectivity index (χ2n) is 6.63. The van der Waals surface area contributed by atoms with Gasteiger partial charge in [-0.15, -0.1) is 0 Å². The topological polar surface area (TPSA) is 59.9 Å². The van der Waals surface area contributed by atoms with E-state index in [2.05, 4.69) is 51.8 Å². The van der Waals surface area contributed by atoms with Gasteiger partial charge in [-0.1, -0.05) is 30.3 Å². The molecule has 1 heterocycles. The average molecular weight is 375 g/mol. The molecule has 2 rings (SSSR count). The summed E-state index contributed by atoms with van der Waals surface area (Å²) >= 11 is 1.58. The first kappa shape index (κ1) is 20.4. The predicted octanol–water partition coefficient (Wildman–Crippen LogP) is 2.64. The maximum Gasteiger partial charge on any atom is 0.191 e.